The van der Waals surface area contributed by atoms with Crippen molar-refractivity contribution in [2.75, 3.05) is 0 Å². The molecule has 0 aromatic carbocycles. The van der Waals surface area contributed by atoms with Gasteiger partial charge in [0.05, 0.1) is 0 Å². The van der Waals surface area contributed by atoms with Crippen molar-refractivity contribution >= 4 is 5.97 Å². The first-order valence-electron chi connectivity index (χ1n) is 11.3. The fourth-order valence-electron chi connectivity index (χ4n) is 7.99. The quantitative estimate of drug-likeness (QED) is 0.429. The lowest BCUT2D eigenvalue weighted by Crippen LogP contribution is -2.54. The predicted molar refractivity (Wildman–Crippen MR) is 110 cm³/mol. The van der Waals surface area contributed by atoms with Gasteiger partial charge in [-0.3, -0.25) is 4.79 Å². The Bertz CT molecular complexity index is 649. The standard InChI is InChI=1S/C25H38O2/c1-6-16(2)21-9-10-22-20-8-7-18-15-19(27-17(3)26)11-13-24(18,4)23(20)12-14-25(21,22)5/h6,9,16,18-20,22-23H,1,7-8,10-15H2,2-5H3/t16-,18-,19+,20-,22-,23-,24-,25+/m0/s1. The van der Waals surface area contributed by atoms with E-state index in [1.54, 1.807) is 12.5 Å². The molecule has 0 heterocycles. The Morgan fingerprint density at radius 3 is 2.70 bits per heavy atom. The minimum absolute atomic E-state index is 0.105. The molecule has 0 aromatic heterocycles. The van der Waals surface area contributed by atoms with Gasteiger partial charge in [-0.25, -0.2) is 0 Å². The van der Waals surface area contributed by atoms with Crippen LogP contribution < -0.4 is 0 Å². The summed E-state index contributed by atoms with van der Waals surface area (Å²) < 4.78 is 5.60. The van der Waals surface area contributed by atoms with E-state index in [2.05, 4.69) is 39.5 Å². The number of allylic oxidation sites excluding steroid dienone is 3. The van der Waals surface area contributed by atoms with E-state index in [4.69, 9.17) is 4.74 Å². The molecule has 0 amide bonds. The lowest BCUT2D eigenvalue weighted by Gasteiger charge is -2.61. The largest absolute Gasteiger partial charge is 0.463 e. The number of carbonyl (C=O) groups is 1. The molecule has 0 saturated heterocycles. The van der Waals surface area contributed by atoms with Gasteiger partial charge in [-0.2, -0.15) is 0 Å². The fraction of sp³-hybridized carbons (Fsp3) is 0.800. The second-order valence-electron chi connectivity index (χ2n) is 10.5. The van der Waals surface area contributed by atoms with Crippen LogP contribution in [0, 0.1) is 40.4 Å². The van der Waals surface area contributed by atoms with Crippen LogP contribution in [0.15, 0.2) is 24.3 Å². The molecular formula is C25H38O2. The summed E-state index contributed by atoms with van der Waals surface area (Å²) in [4.78, 5) is 11.4. The number of esters is 1. The molecule has 4 aliphatic rings. The van der Waals surface area contributed by atoms with E-state index < -0.39 is 0 Å². The van der Waals surface area contributed by atoms with Crippen molar-refractivity contribution in [1.29, 1.82) is 0 Å². The van der Waals surface area contributed by atoms with Gasteiger partial charge < -0.3 is 4.74 Å². The Kier molecular flexibility index (Phi) is 4.84. The summed E-state index contributed by atoms with van der Waals surface area (Å²) in [5.41, 5.74) is 2.52. The van der Waals surface area contributed by atoms with Crippen LogP contribution in [0.2, 0.25) is 0 Å². The van der Waals surface area contributed by atoms with E-state index in [1.807, 2.05) is 0 Å². The highest BCUT2D eigenvalue weighted by Gasteiger charge is 2.58. The molecule has 3 fully saturated rings. The van der Waals surface area contributed by atoms with Gasteiger partial charge >= 0.3 is 5.97 Å². The topological polar surface area (TPSA) is 26.3 Å². The molecule has 2 heteroatoms. The predicted octanol–water partition coefficient (Wildman–Crippen LogP) is 6.32. The van der Waals surface area contributed by atoms with Gasteiger partial charge in [0.25, 0.3) is 0 Å². The van der Waals surface area contributed by atoms with Crippen LogP contribution in [-0.4, -0.2) is 12.1 Å². The van der Waals surface area contributed by atoms with Crippen molar-refractivity contribution in [2.24, 2.45) is 40.4 Å². The maximum Gasteiger partial charge on any atom is 0.302 e. The summed E-state index contributed by atoms with van der Waals surface area (Å²) >= 11 is 0. The Morgan fingerprint density at radius 2 is 2.00 bits per heavy atom. The lowest BCUT2D eigenvalue weighted by atomic mass is 9.44. The smallest absolute Gasteiger partial charge is 0.302 e. The summed E-state index contributed by atoms with van der Waals surface area (Å²) in [5.74, 6) is 3.72. The second kappa shape index (κ2) is 6.78. The van der Waals surface area contributed by atoms with Crippen LogP contribution in [0.1, 0.15) is 79.1 Å². The van der Waals surface area contributed by atoms with Crippen LogP contribution in [0.5, 0.6) is 0 Å². The van der Waals surface area contributed by atoms with E-state index in [0.717, 1.165) is 36.5 Å². The SMILES string of the molecule is C=C[C@H](C)C1=CC[C@H]2[C@@H]3CC[C@H]4C[C@H](OC(C)=O)CC[C@]4(C)[C@H]3CC[C@]12C. The summed E-state index contributed by atoms with van der Waals surface area (Å²) in [6.07, 6.45) is 15.0. The maximum atomic E-state index is 11.4. The molecule has 4 aliphatic carbocycles. The molecule has 27 heavy (non-hydrogen) atoms. The van der Waals surface area contributed by atoms with E-state index in [-0.39, 0.29) is 12.1 Å². The zero-order valence-electron chi connectivity index (χ0n) is 17.8. The summed E-state index contributed by atoms with van der Waals surface area (Å²) in [7, 11) is 0. The minimum atomic E-state index is -0.105. The maximum absolute atomic E-state index is 11.4. The monoisotopic (exact) mass is 370 g/mol. The van der Waals surface area contributed by atoms with Crippen molar-refractivity contribution in [3.63, 3.8) is 0 Å². The van der Waals surface area contributed by atoms with Crippen molar-refractivity contribution in [3.05, 3.63) is 24.3 Å². The van der Waals surface area contributed by atoms with Crippen molar-refractivity contribution < 1.29 is 9.53 Å². The van der Waals surface area contributed by atoms with Crippen LogP contribution in [-0.2, 0) is 9.53 Å². The molecule has 0 radical (unpaired) electrons. The molecule has 0 aliphatic heterocycles. The number of fused-ring (bicyclic) bond motifs is 5. The highest BCUT2D eigenvalue weighted by Crippen LogP contribution is 2.67. The molecule has 0 unspecified atom stereocenters. The Hall–Kier alpha value is -1.05. The molecule has 2 nitrogen and oxygen atoms in total. The molecule has 150 valence electrons. The minimum Gasteiger partial charge on any atom is -0.463 e. The first-order chi connectivity index (χ1) is 12.8. The van der Waals surface area contributed by atoms with Gasteiger partial charge in [0, 0.05) is 6.92 Å². The zero-order valence-corrected chi connectivity index (χ0v) is 17.8. The molecular weight excluding hydrogens is 332 g/mol. The molecule has 0 N–H and O–H groups in total. The number of carbonyl (C=O) groups excluding carboxylic acids is 1. The highest BCUT2D eigenvalue weighted by atomic mass is 16.5. The molecule has 4 rings (SSSR count). The Balaban J connectivity index is 1.53. The van der Waals surface area contributed by atoms with E-state index >= 15 is 0 Å². The second-order valence-corrected chi connectivity index (χ2v) is 10.5. The van der Waals surface area contributed by atoms with Gasteiger partial charge in [0.15, 0.2) is 0 Å². The van der Waals surface area contributed by atoms with Gasteiger partial charge in [0.1, 0.15) is 6.10 Å². The first-order valence-corrected chi connectivity index (χ1v) is 11.3. The number of rotatable bonds is 3. The van der Waals surface area contributed by atoms with Crippen LogP contribution in [0.3, 0.4) is 0 Å². The van der Waals surface area contributed by atoms with Crippen LogP contribution in [0.4, 0.5) is 0 Å². The Labute approximate surface area is 165 Å². The average Bonchev–Trinajstić information content (AvgIpc) is 2.98. The summed E-state index contributed by atoms with van der Waals surface area (Å²) in [5, 5.41) is 0. The van der Waals surface area contributed by atoms with Crippen molar-refractivity contribution in [1.82, 2.24) is 0 Å². The molecule has 3 saturated carbocycles. The fourth-order valence-corrected chi connectivity index (χ4v) is 7.99. The normalized spacial score (nSPS) is 47.1. The van der Waals surface area contributed by atoms with Gasteiger partial charge in [-0.05, 0) is 91.8 Å². The van der Waals surface area contributed by atoms with Crippen molar-refractivity contribution in [3.8, 4) is 0 Å². The van der Waals surface area contributed by atoms with E-state index in [1.165, 1.54) is 38.5 Å². The zero-order chi connectivity index (χ0) is 19.4. The van der Waals surface area contributed by atoms with Crippen molar-refractivity contribution in [2.45, 2.75) is 85.2 Å². The third kappa shape index (κ3) is 2.93. The number of hydrogen-bond acceptors (Lipinski definition) is 2. The van der Waals surface area contributed by atoms with Gasteiger partial charge in [-0.1, -0.05) is 38.5 Å². The van der Waals surface area contributed by atoms with Crippen LogP contribution in [0.25, 0.3) is 0 Å². The summed E-state index contributed by atoms with van der Waals surface area (Å²) in [6, 6.07) is 0. The molecule has 8 atom stereocenters. The number of ether oxygens (including phenoxy) is 1. The van der Waals surface area contributed by atoms with E-state index in [0.29, 0.717) is 16.7 Å². The molecule has 0 spiro atoms. The van der Waals surface area contributed by atoms with Gasteiger partial charge in [-0.15, -0.1) is 6.58 Å². The van der Waals surface area contributed by atoms with Gasteiger partial charge in [0.2, 0.25) is 0 Å². The molecule has 0 aromatic rings. The third-order valence-electron chi connectivity index (χ3n) is 9.44. The average molecular weight is 371 g/mol. The first kappa shape index (κ1) is 19.3. The molecule has 0 bridgehead atoms. The third-order valence-corrected chi connectivity index (χ3v) is 9.44. The summed E-state index contributed by atoms with van der Waals surface area (Å²) in [6.45, 7) is 13.1. The highest BCUT2D eigenvalue weighted by molar-refractivity contribution is 5.66. The number of hydrogen-bond donors (Lipinski definition) is 0. The lowest BCUT2D eigenvalue weighted by molar-refractivity contribution is -0.158. The van der Waals surface area contributed by atoms with Crippen LogP contribution >= 0.6 is 0 Å². The Morgan fingerprint density at radius 1 is 1.22 bits per heavy atom. The van der Waals surface area contributed by atoms with E-state index in [9.17, 15) is 4.79 Å².